The summed E-state index contributed by atoms with van der Waals surface area (Å²) < 4.78 is 14.0. The molecule has 5 heteroatoms. The fraction of sp³-hybridized carbons (Fsp3) is 0. The Bertz CT molecular complexity index is 584. The molecule has 0 bridgehead atoms. The molecule has 0 radical (unpaired) electrons. The van der Waals surface area contributed by atoms with Gasteiger partial charge in [0.2, 0.25) is 0 Å². The molecule has 0 aliphatic heterocycles. The van der Waals surface area contributed by atoms with Gasteiger partial charge in [0.25, 0.3) is 5.91 Å². The van der Waals surface area contributed by atoms with E-state index in [9.17, 15) is 9.18 Å². The Kier molecular flexibility index (Phi) is 3.81. The second-order valence-electron chi connectivity index (χ2n) is 3.70. The van der Waals surface area contributed by atoms with Crippen LogP contribution in [0.4, 0.5) is 15.8 Å². The van der Waals surface area contributed by atoms with Crippen molar-refractivity contribution in [2.45, 2.75) is 0 Å². The molecule has 0 saturated carbocycles. The maximum atomic E-state index is 13.0. The number of nitrogens with two attached hydrogens (primary N) is 1. The molecule has 0 saturated heterocycles. The van der Waals surface area contributed by atoms with Crippen LogP contribution in [0.1, 0.15) is 10.4 Å². The highest BCUT2D eigenvalue weighted by molar-refractivity contribution is 14.1. The van der Waals surface area contributed by atoms with Gasteiger partial charge in [0.15, 0.2) is 0 Å². The van der Waals surface area contributed by atoms with E-state index in [4.69, 9.17) is 5.73 Å². The van der Waals surface area contributed by atoms with E-state index in [0.717, 1.165) is 3.57 Å². The van der Waals surface area contributed by atoms with Gasteiger partial charge in [-0.1, -0.05) is 0 Å². The molecule has 0 aromatic heterocycles. The standard InChI is InChI=1S/C13H10FIN2O/c14-11-6-5-10(7-12(11)16)17-13(18)8-1-3-9(15)4-2-8/h1-7H,16H2,(H,17,18). The first-order valence-corrected chi connectivity index (χ1v) is 6.26. The summed E-state index contributed by atoms with van der Waals surface area (Å²) in [5.74, 6) is -0.750. The van der Waals surface area contributed by atoms with Crippen LogP contribution in [0, 0.1) is 9.39 Å². The molecule has 0 aliphatic rings. The van der Waals surface area contributed by atoms with Gasteiger partial charge in [-0.2, -0.15) is 0 Å². The van der Waals surface area contributed by atoms with Crippen LogP contribution in [-0.2, 0) is 0 Å². The van der Waals surface area contributed by atoms with Crippen LogP contribution in [-0.4, -0.2) is 5.91 Å². The second kappa shape index (κ2) is 5.34. The summed E-state index contributed by atoms with van der Waals surface area (Å²) in [4.78, 5) is 11.9. The molecule has 2 aromatic rings. The molecule has 0 fully saturated rings. The average molecular weight is 356 g/mol. The number of nitrogen functional groups attached to an aromatic ring is 1. The van der Waals surface area contributed by atoms with Crippen LogP contribution in [0.5, 0.6) is 0 Å². The van der Waals surface area contributed by atoms with Crippen molar-refractivity contribution in [3.63, 3.8) is 0 Å². The zero-order valence-corrected chi connectivity index (χ0v) is 11.4. The topological polar surface area (TPSA) is 55.1 Å². The SMILES string of the molecule is Nc1cc(NC(=O)c2ccc(I)cc2)ccc1F. The average Bonchev–Trinajstić information content (AvgIpc) is 2.34. The number of amides is 1. The Morgan fingerprint density at radius 1 is 1.17 bits per heavy atom. The second-order valence-corrected chi connectivity index (χ2v) is 4.94. The van der Waals surface area contributed by atoms with E-state index in [0.29, 0.717) is 11.3 Å². The predicted octanol–water partition coefficient (Wildman–Crippen LogP) is 3.26. The lowest BCUT2D eigenvalue weighted by atomic mass is 10.2. The van der Waals surface area contributed by atoms with E-state index < -0.39 is 5.82 Å². The maximum Gasteiger partial charge on any atom is 0.255 e. The predicted molar refractivity (Wildman–Crippen MR) is 77.9 cm³/mol. The monoisotopic (exact) mass is 356 g/mol. The molecule has 0 aliphatic carbocycles. The number of nitrogens with one attached hydrogen (secondary N) is 1. The molecule has 18 heavy (non-hydrogen) atoms. The van der Waals surface area contributed by atoms with Crippen molar-refractivity contribution in [2.24, 2.45) is 0 Å². The zero-order chi connectivity index (χ0) is 13.1. The van der Waals surface area contributed by atoms with Gasteiger partial charge >= 0.3 is 0 Å². The van der Waals surface area contributed by atoms with Gasteiger partial charge in [0.1, 0.15) is 5.82 Å². The Balaban J connectivity index is 2.16. The fourth-order valence-corrected chi connectivity index (χ4v) is 1.79. The third-order valence-corrected chi connectivity index (χ3v) is 3.08. The lowest BCUT2D eigenvalue weighted by molar-refractivity contribution is 0.102. The van der Waals surface area contributed by atoms with Crippen LogP contribution >= 0.6 is 22.6 Å². The van der Waals surface area contributed by atoms with Gasteiger partial charge in [-0.15, -0.1) is 0 Å². The normalized spacial score (nSPS) is 10.1. The van der Waals surface area contributed by atoms with Crippen LogP contribution < -0.4 is 11.1 Å². The number of hydrogen-bond acceptors (Lipinski definition) is 2. The molecule has 0 heterocycles. The van der Waals surface area contributed by atoms with Crippen molar-refractivity contribution >= 4 is 39.9 Å². The van der Waals surface area contributed by atoms with Crippen molar-refractivity contribution < 1.29 is 9.18 Å². The minimum Gasteiger partial charge on any atom is -0.396 e. The third-order valence-electron chi connectivity index (χ3n) is 2.36. The smallest absolute Gasteiger partial charge is 0.255 e. The molecule has 0 spiro atoms. The number of hydrogen-bond donors (Lipinski definition) is 2. The van der Waals surface area contributed by atoms with Crippen molar-refractivity contribution in [1.29, 1.82) is 0 Å². The van der Waals surface area contributed by atoms with E-state index >= 15 is 0 Å². The summed E-state index contributed by atoms with van der Waals surface area (Å²) in [6, 6.07) is 11.2. The van der Waals surface area contributed by atoms with E-state index in [1.165, 1.54) is 18.2 Å². The highest BCUT2D eigenvalue weighted by atomic mass is 127. The van der Waals surface area contributed by atoms with Crippen LogP contribution in [0.25, 0.3) is 0 Å². The van der Waals surface area contributed by atoms with E-state index in [1.54, 1.807) is 12.1 Å². The Hall–Kier alpha value is -1.63. The lowest BCUT2D eigenvalue weighted by Gasteiger charge is -2.06. The number of rotatable bonds is 2. The Labute approximate surface area is 117 Å². The summed E-state index contributed by atoms with van der Waals surface area (Å²) in [5, 5.41) is 2.66. The molecule has 1 amide bonds. The minimum atomic E-state index is -0.498. The van der Waals surface area contributed by atoms with Crippen molar-refractivity contribution in [3.8, 4) is 0 Å². The van der Waals surface area contributed by atoms with Crippen LogP contribution in [0.2, 0.25) is 0 Å². The van der Waals surface area contributed by atoms with Crippen molar-refractivity contribution in [3.05, 3.63) is 57.4 Å². The quantitative estimate of drug-likeness (QED) is 0.641. The number of carbonyl (C=O) groups excluding carboxylic acids is 1. The highest BCUT2D eigenvalue weighted by Gasteiger charge is 2.07. The molecular formula is C13H10FIN2O. The van der Waals surface area contributed by atoms with E-state index in [-0.39, 0.29) is 11.6 Å². The molecule has 0 atom stereocenters. The Morgan fingerprint density at radius 2 is 1.83 bits per heavy atom. The van der Waals surface area contributed by atoms with Gasteiger partial charge < -0.3 is 11.1 Å². The summed E-state index contributed by atoms with van der Waals surface area (Å²) in [6.45, 7) is 0. The van der Waals surface area contributed by atoms with Gasteiger partial charge in [0.05, 0.1) is 5.69 Å². The number of carbonyl (C=O) groups is 1. The van der Waals surface area contributed by atoms with Gasteiger partial charge in [-0.05, 0) is 65.1 Å². The van der Waals surface area contributed by atoms with E-state index in [2.05, 4.69) is 27.9 Å². The van der Waals surface area contributed by atoms with Gasteiger partial charge in [0, 0.05) is 14.8 Å². The van der Waals surface area contributed by atoms with Crippen LogP contribution in [0.3, 0.4) is 0 Å². The first kappa shape index (κ1) is 12.8. The largest absolute Gasteiger partial charge is 0.396 e. The highest BCUT2D eigenvalue weighted by Crippen LogP contribution is 2.17. The molecular weight excluding hydrogens is 346 g/mol. The first-order valence-electron chi connectivity index (χ1n) is 5.18. The molecule has 0 unspecified atom stereocenters. The number of benzene rings is 2. The van der Waals surface area contributed by atoms with Gasteiger partial charge in [-0.3, -0.25) is 4.79 Å². The molecule has 2 rings (SSSR count). The van der Waals surface area contributed by atoms with E-state index in [1.807, 2.05) is 12.1 Å². The zero-order valence-electron chi connectivity index (χ0n) is 9.28. The van der Waals surface area contributed by atoms with Crippen molar-refractivity contribution in [1.82, 2.24) is 0 Å². The summed E-state index contributed by atoms with van der Waals surface area (Å²) in [6.07, 6.45) is 0. The first-order chi connectivity index (χ1) is 8.56. The van der Waals surface area contributed by atoms with Crippen LogP contribution in [0.15, 0.2) is 42.5 Å². The fourth-order valence-electron chi connectivity index (χ4n) is 1.43. The lowest BCUT2D eigenvalue weighted by Crippen LogP contribution is -2.12. The Morgan fingerprint density at radius 3 is 2.44 bits per heavy atom. The molecule has 92 valence electrons. The third kappa shape index (κ3) is 2.98. The summed E-state index contributed by atoms with van der Waals surface area (Å²) >= 11 is 2.16. The molecule has 3 nitrogen and oxygen atoms in total. The molecule has 2 aromatic carbocycles. The number of halogens is 2. The molecule has 3 N–H and O–H groups in total. The summed E-state index contributed by atoms with van der Waals surface area (Å²) in [5.41, 5.74) is 6.45. The summed E-state index contributed by atoms with van der Waals surface area (Å²) in [7, 11) is 0. The van der Waals surface area contributed by atoms with Gasteiger partial charge in [-0.25, -0.2) is 4.39 Å². The minimum absolute atomic E-state index is 0.00964. The number of anilines is 2. The van der Waals surface area contributed by atoms with Crippen molar-refractivity contribution in [2.75, 3.05) is 11.1 Å². The maximum absolute atomic E-state index is 13.0.